The smallest absolute Gasteiger partial charge is 0.244 e. The Hall–Kier alpha value is -2.21. The molecule has 1 amide bonds. The molecular weight excluding hydrogens is 302 g/mol. The second kappa shape index (κ2) is 8.06. The molecule has 2 aromatic rings. The summed E-state index contributed by atoms with van der Waals surface area (Å²) < 4.78 is 1.86. The first-order valence-corrected chi connectivity index (χ1v) is 8.60. The van der Waals surface area contributed by atoms with E-state index in [1.54, 1.807) is 17.3 Å². The summed E-state index contributed by atoms with van der Waals surface area (Å²) in [4.78, 5) is 18.6. The average molecular weight is 327 g/mol. The second-order valence-corrected chi connectivity index (χ2v) is 6.34. The molecule has 0 unspecified atom stereocenters. The van der Waals surface area contributed by atoms with Crippen LogP contribution in [0.5, 0.6) is 0 Å². The van der Waals surface area contributed by atoms with E-state index in [1.165, 1.54) is 6.42 Å². The molecule has 1 atom stereocenters. The molecule has 1 N–H and O–H groups in total. The van der Waals surface area contributed by atoms with Crippen LogP contribution in [0.4, 0.5) is 0 Å². The number of rotatable bonds is 6. The van der Waals surface area contributed by atoms with Crippen LogP contribution in [0, 0.1) is 0 Å². The van der Waals surface area contributed by atoms with Gasteiger partial charge in [0.25, 0.3) is 0 Å². The Kier molecular flexibility index (Phi) is 5.59. The minimum atomic E-state index is 0.0830. The SMILES string of the molecule is CN(CCc1ccccn1)C(=O)Cn1nccc1[C@H]1CCCNC1. The Morgan fingerprint density at radius 1 is 1.38 bits per heavy atom. The largest absolute Gasteiger partial charge is 0.344 e. The average Bonchev–Trinajstić information content (AvgIpc) is 3.09. The van der Waals surface area contributed by atoms with Crippen molar-refractivity contribution >= 4 is 5.91 Å². The summed E-state index contributed by atoms with van der Waals surface area (Å²) in [5, 5.41) is 7.78. The van der Waals surface area contributed by atoms with E-state index in [4.69, 9.17) is 0 Å². The van der Waals surface area contributed by atoms with Crippen LogP contribution >= 0.6 is 0 Å². The molecule has 1 aliphatic rings. The highest BCUT2D eigenvalue weighted by molar-refractivity contribution is 5.75. The molecule has 1 aliphatic heterocycles. The fourth-order valence-corrected chi connectivity index (χ4v) is 3.13. The fraction of sp³-hybridized carbons (Fsp3) is 0.500. The molecule has 128 valence electrons. The Labute approximate surface area is 142 Å². The van der Waals surface area contributed by atoms with Crippen molar-refractivity contribution in [3.8, 4) is 0 Å². The summed E-state index contributed by atoms with van der Waals surface area (Å²) in [6.45, 7) is 3.02. The van der Waals surface area contributed by atoms with Crippen LogP contribution in [-0.2, 0) is 17.8 Å². The molecule has 0 saturated carbocycles. The molecule has 3 heterocycles. The van der Waals surface area contributed by atoms with Crippen LogP contribution in [-0.4, -0.2) is 52.3 Å². The van der Waals surface area contributed by atoms with Gasteiger partial charge in [0, 0.05) is 56.3 Å². The van der Waals surface area contributed by atoms with E-state index in [1.807, 2.05) is 36.0 Å². The maximum atomic E-state index is 12.5. The molecule has 0 radical (unpaired) electrons. The van der Waals surface area contributed by atoms with Gasteiger partial charge in [-0.15, -0.1) is 0 Å². The summed E-state index contributed by atoms with van der Waals surface area (Å²) in [5.41, 5.74) is 2.17. The number of hydrogen-bond acceptors (Lipinski definition) is 4. The van der Waals surface area contributed by atoms with Gasteiger partial charge in [0.2, 0.25) is 5.91 Å². The van der Waals surface area contributed by atoms with E-state index in [0.29, 0.717) is 19.0 Å². The van der Waals surface area contributed by atoms with Gasteiger partial charge in [0.15, 0.2) is 0 Å². The van der Waals surface area contributed by atoms with E-state index < -0.39 is 0 Å². The van der Waals surface area contributed by atoms with E-state index in [0.717, 1.165) is 37.3 Å². The highest BCUT2D eigenvalue weighted by Crippen LogP contribution is 2.22. The number of nitrogens with one attached hydrogen (secondary N) is 1. The van der Waals surface area contributed by atoms with E-state index in [2.05, 4.69) is 15.4 Å². The van der Waals surface area contributed by atoms with Crippen molar-refractivity contribution < 1.29 is 4.79 Å². The number of piperidine rings is 1. The van der Waals surface area contributed by atoms with E-state index in [-0.39, 0.29) is 5.91 Å². The lowest BCUT2D eigenvalue weighted by atomic mass is 9.96. The molecule has 0 bridgehead atoms. The van der Waals surface area contributed by atoms with Gasteiger partial charge < -0.3 is 10.2 Å². The van der Waals surface area contributed by atoms with Crippen molar-refractivity contribution in [2.45, 2.75) is 31.7 Å². The number of carbonyl (C=O) groups excluding carboxylic acids is 1. The summed E-state index contributed by atoms with van der Waals surface area (Å²) in [6.07, 6.45) is 6.67. The zero-order chi connectivity index (χ0) is 16.8. The van der Waals surface area contributed by atoms with Crippen molar-refractivity contribution in [1.29, 1.82) is 0 Å². The second-order valence-electron chi connectivity index (χ2n) is 6.34. The molecular formula is C18H25N5O. The molecule has 0 aromatic carbocycles. The van der Waals surface area contributed by atoms with Gasteiger partial charge in [-0.2, -0.15) is 5.10 Å². The molecule has 3 rings (SSSR count). The summed E-state index contributed by atoms with van der Waals surface area (Å²) >= 11 is 0. The number of amides is 1. The standard InChI is InChI=1S/C18H25N5O/c1-22(12-8-16-6-2-3-10-20-16)18(24)14-23-17(7-11-21-23)15-5-4-9-19-13-15/h2-3,6-7,10-11,15,19H,4-5,8-9,12-14H2,1H3/t15-/m0/s1. The minimum absolute atomic E-state index is 0.0830. The molecule has 1 saturated heterocycles. The molecule has 1 fully saturated rings. The van der Waals surface area contributed by atoms with Gasteiger partial charge >= 0.3 is 0 Å². The maximum absolute atomic E-state index is 12.5. The van der Waals surface area contributed by atoms with Crippen LogP contribution in [0.15, 0.2) is 36.7 Å². The van der Waals surface area contributed by atoms with Crippen molar-refractivity contribution in [1.82, 2.24) is 25.0 Å². The van der Waals surface area contributed by atoms with Crippen LogP contribution in [0.1, 0.15) is 30.1 Å². The Morgan fingerprint density at radius 2 is 2.29 bits per heavy atom. The van der Waals surface area contributed by atoms with Crippen molar-refractivity contribution in [3.63, 3.8) is 0 Å². The van der Waals surface area contributed by atoms with Crippen LogP contribution in [0.25, 0.3) is 0 Å². The van der Waals surface area contributed by atoms with Gasteiger partial charge in [-0.25, -0.2) is 0 Å². The number of carbonyl (C=O) groups is 1. The molecule has 0 aliphatic carbocycles. The summed E-state index contributed by atoms with van der Waals surface area (Å²) in [5.74, 6) is 0.535. The number of likely N-dealkylation sites (N-methyl/N-ethyl adjacent to an activating group) is 1. The number of hydrogen-bond donors (Lipinski definition) is 1. The van der Waals surface area contributed by atoms with Gasteiger partial charge in [-0.3, -0.25) is 14.5 Å². The van der Waals surface area contributed by atoms with Gasteiger partial charge in [-0.05, 0) is 37.6 Å². The normalized spacial score (nSPS) is 17.6. The van der Waals surface area contributed by atoms with Crippen LogP contribution < -0.4 is 5.32 Å². The topological polar surface area (TPSA) is 63.1 Å². The molecule has 6 heteroatoms. The Balaban J connectivity index is 1.55. The first kappa shape index (κ1) is 16.6. The summed E-state index contributed by atoms with van der Waals surface area (Å²) in [7, 11) is 1.84. The lowest BCUT2D eigenvalue weighted by Crippen LogP contribution is -2.34. The van der Waals surface area contributed by atoms with Crippen LogP contribution in [0.3, 0.4) is 0 Å². The zero-order valence-electron chi connectivity index (χ0n) is 14.2. The maximum Gasteiger partial charge on any atom is 0.244 e. The quantitative estimate of drug-likeness (QED) is 0.872. The molecule has 2 aromatic heterocycles. The molecule has 0 spiro atoms. The Morgan fingerprint density at radius 3 is 3.04 bits per heavy atom. The van der Waals surface area contributed by atoms with Gasteiger partial charge in [0.05, 0.1) is 0 Å². The lowest BCUT2D eigenvalue weighted by molar-refractivity contribution is -0.130. The third-order valence-electron chi connectivity index (χ3n) is 4.60. The number of aromatic nitrogens is 3. The first-order chi connectivity index (χ1) is 11.7. The summed E-state index contributed by atoms with van der Waals surface area (Å²) in [6, 6.07) is 7.90. The lowest BCUT2D eigenvalue weighted by Gasteiger charge is -2.24. The highest BCUT2D eigenvalue weighted by Gasteiger charge is 2.20. The number of nitrogens with zero attached hydrogens (tertiary/aromatic N) is 4. The highest BCUT2D eigenvalue weighted by atomic mass is 16.2. The van der Waals surface area contributed by atoms with E-state index in [9.17, 15) is 4.79 Å². The first-order valence-electron chi connectivity index (χ1n) is 8.60. The predicted molar refractivity (Wildman–Crippen MR) is 92.6 cm³/mol. The van der Waals surface area contributed by atoms with Crippen molar-refractivity contribution in [3.05, 3.63) is 48.0 Å². The molecule has 6 nitrogen and oxygen atoms in total. The fourth-order valence-electron chi connectivity index (χ4n) is 3.13. The minimum Gasteiger partial charge on any atom is -0.344 e. The zero-order valence-corrected chi connectivity index (χ0v) is 14.2. The number of pyridine rings is 1. The van der Waals surface area contributed by atoms with E-state index >= 15 is 0 Å². The van der Waals surface area contributed by atoms with Crippen LogP contribution in [0.2, 0.25) is 0 Å². The van der Waals surface area contributed by atoms with Crippen molar-refractivity contribution in [2.75, 3.05) is 26.7 Å². The third-order valence-corrected chi connectivity index (χ3v) is 4.60. The predicted octanol–water partition coefficient (Wildman–Crippen LogP) is 1.45. The Bertz CT molecular complexity index is 648. The third kappa shape index (κ3) is 4.20. The molecule has 24 heavy (non-hydrogen) atoms. The van der Waals surface area contributed by atoms with Crippen molar-refractivity contribution in [2.24, 2.45) is 0 Å². The van der Waals surface area contributed by atoms with Gasteiger partial charge in [-0.1, -0.05) is 6.07 Å². The monoisotopic (exact) mass is 327 g/mol. The van der Waals surface area contributed by atoms with Gasteiger partial charge in [0.1, 0.15) is 6.54 Å².